The Bertz CT molecular complexity index is 173. The van der Waals surface area contributed by atoms with Crippen LogP contribution in [0.2, 0.25) is 0 Å². The molecule has 0 aliphatic carbocycles. The van der Waals surface area contributed by atoms with Crippen LogP contribution in [0.15, 0.2) is 0 Å². The number of halogens is 4. The van der Waals surface area contributed by atoms with Gasteiger partial charge in [0.2, 0.25) is 4.33 Å². The Morgan fingerprint density at radius 3 is 1.92 bits per heavy atom. The van der Waals surface area contributed by atoms with Crippen molar-refractivity contribution < 1.29 is 9.90 Å². The lowest BCUT2D eigenvalue weighted by Crippen LogP contribution is -2.27. The van der Waals surface area contributed by atoms with Gasteiger partial charge in [0.15, 0.2) is 0 Å². The average Bonchev–Trinajstić information content (AvgIpc) is 1.82. The van der Waals surface area contributed by atoms with E-state index in [1.54, 1.807) is 6.92 Å². The van der Waals surface area contributed by atoms with Gasteiger partial charge in [-0.15, -0.1) is 23.2 Å². The number of rotatable bonds is 4. The van der Waals surface area contributed by atoms with Crippen molar-refractivity contribution >= 4 is 52.4 Å². The molecule has 0 unspecified atom stereocenters. The molecular weight excluding hydrogens is 246 g/mol. The van der Waals surface area contributed by atoms with Crippen molar-refractivity contribution in [3.05, 3.63) is 0 Å². The number of hydrogen-bond donors (Lipinski definition) is 1. The lowest BCUT2D eigenvalue weighted by Gasteiger charge is -2.18. The summed E-state index contributed by atoms with van der Waals surface area (Å²) >= 11 is 22.0. The van der Waals surface area contributed by atoms with Crippen LogP contribution >= 0.6 is 46.4 Å². The monoisotopic (exact) mass is 252 g/mol. The van der Waals surface area contributed by atoms with Crippen molar-refractivity contribution in [3.8, 4) is 0 Å². The summed E-state index contributed by atoms with van der Waals surface area (Å²) in [5, 5.41) is 8.49. The highest BCUT2D eigenvalue weighted by atomic mass is 35.5. The van der Waals surface area contributed by atoms with Gasteiger partial charge in [0, 0.05) is 0 Å². The van der Waals surface area contributed by atoms with Gasteiger partial charge in [-0.05, 0) is 19.8 Å². The fourth-order valence-electron chi connectivity index (χ4n) is 0.483. The Hall–Kier alpha value is 0.630. The molecule has 0 aromatic carbocycles. The van der Waals surface area contributed by atoms with E-state index < -0.39 is 14.6 Å². The molecule has 1 N–H and O–H groups in total. The summed E-state index contributed by atoms with van der Waals surface area (Å²) in [6.07, 6.45) is 0.227. The summed E-state index contributed by atoms with van der Waals surface area (Å²) in [7, 11) is 0. The van der Waals surface area contributed by atoms with Gasteiger partial charge >= 0.3 is 5.97 Å². The minimum Gasteiger partial charge on any atom is -0.479 e. The van der Waals surface area contributed by atoms with Gasteiger partial charge in [-0.25, -0.2) is 4.79 Å². The van der Waals surface area contributed by atoms with Crippen molar-refractivity contribution in [2.45, 2.75) is 28.4 Å². The Morgan fingerprint density at radius 2 is 1.67 bits per heavy atom. The van der Waals surface area contributed by atoms with E-state index in [9.17, 15) is 4.79 Å². The van der Waals surface area contributed by atoms with E-state index in [1.807, 2.05) is 0 Å². The second-order valence-corrected chi connectivity index (χ2v) is 5.93. The Kier molecular flexibility index (Phi) is 4.45. The third-order valence-corrected chi connectivity index (χ3v) is 2.27. The van der Waals surface area contributed by atoms with E-state index in [-0.39, 0.29) is 12.8 Å². The molecule has 0 aliphatic heterocycles. The molecule has 0 saturated heterocycles. The van der Waals surface area contributed by atoms with E-state index >= 15 is 0 Å². The first kappa shape index (κ1) is 12.6. The van der Waals surface area contributed by atoms with E-state index in [4.69, 9.17) is 51.5 Å². The predicted octanol–water partition coefficient (Wildman–Crippen LogP) is 3.22. The lowest BCUT2D eigenvalue weighted by atomic mass is 10.2. The molecule has 0 aromatic rings. The highest BCUT2D eigenvalue weighted by Crippen LogP contribution is 2.34. The molecule has 0 bridgehead atoms. The molecule has 72 valence electrons. The summed E-state index contributed by atoms with van der Waals surface area (Å²) in [4.78, 5) is 10.4. The summed E-state index contributed by atoms with van der Waals surface area (Å²) < 4.78 is -2.80. The number of hydrogen-bond acceptors (Lipinski definition) is 1. The molecule has 0 atom stereocenters. The molecule has 0 aromatic heterocycles. The molecular formula is C6H8Cl4O2. The predicted molar refractivity (Wildman–Crippen MR) is 51.4 cm³/mol. The summed E-state index contributed by atoms with van der Waals surface area (Å²) in [5.41, 5.74) is 0. The number of carboxylic acids is 1. The SMILES string of the molecule is CC(Cl)(Cl)CCC(Cl)(Cl)C(=O)O. The van der Waals surface area contributed by atoms with Crippen LogP contribution in [-0.2, 0) is 4.79 Å². The minimum atomic E-state index is -1.80. The van der Waals surface area contributed by atoms with E-state index in [2.05, 4.69) is 0 Å². The highest BCUT2D eigenvalue weighted by molar-refractivity contribution is 6.57. The molecule has 0 rings (SSSR count). The van der Waals surface area contributed by atoms with Crippen molar-refractivity contribution in [3.63, 3.8) is 0 Å². The lowest BCUT2D eigenvalue weighted by molar-refractivity contribution is -0.138. The molecule has 0 spiro atoms. The Morgan fingerprint density at radius 1 is 1.25 bits per heavy atom. The summed E-state index contributed by atoms with van der Waals surface area (Å²) in [5.74, 6) is -1.29. The van der Waals surface area contributed by atoms with E-state index in [0.717, 1.165) is 0 Å². The van der Waals surface area contributed by atoms with Crippen LogP contribution in [0.25, 0.3) is 0 Å². The number of carbonyl (C=O) groups is 1. The zero-order valence-electron chi connectivity index (χ0n) is 6.28. The third kappa shape index (κ3) is 5.31. The van der Waals surface area contributed by atoms with Crippen LogP contribution < -0.4 is 0 Å². The van der Waals surface area contributed by atoms with Gasteiger partial charge in [0.1, 0.15) is 4.33 Å². The quantitative estimate of drug-likeness (QED) is 0.782. The average molecular weight is 254 g/mol. The van der Waals surface area contributed by atoms with Crippen LogP contribution in [0.3, 0.4) is 0 Å². The van der Waals surface area contributed by atoms with Gasteiger partial charge in [0.05, 0.1) is 0 Å². The molecule has 6 heteroatoms. The summed E-state index contributed by atoms with van der Waals surface area (Å²) in [6.45, 7) is 1.54. The molecule has 2 nitrogen and oxygen atoms in total. The van der Waals surface area contributed by atoms with Crippen molar-refractivity contribution in [1.29, 1.82) is 0 Å². The second-order valence-electron chi connectivity index (χ2n) is 2.58. The first-order chi connectivity index (χ1) is 5.15. The van der Waals surface area contributed by atoms with E-state index in [1.165, 1.54) is 0 Å². The van der Waals surface area contributed by atoms with Crippen LogP contribution in [0.1, 0.15) is 19.8 Å². The van der Waals surface area contributed by atoms with Gasteiger partial charge in [-0.3, -0.25) is 0 Å². The van der Waals surface area contributed by atoms with Gasteiger partial charge in [-0.1, -0.05) is 23.2 Å². The number of aliphatic carboxylic acids is 1. The molecule has 0 fully saturated rings. The molecule has 0 saturated carbocycles. The maximum Gasteiger partial charge on any atom is 0.340 e. The summed E-state index contributed by atoms with van der Waals surface area (Å²) in [6, 6.07) is 0. The standard InChI is InChI=1S/C6H8Cl4O2/c1-5(7,8)2-3-6(9,10)4(11)12/h2-3H2,1H3,(H,11,12). The fraction of sp³-hybridized carbons (Fsp3) is 0.833. The van der Waals surface area contributed by atoms with Gasteiger partial charge in [-0.2, -0.15) is 0 Å². The van der Waals surface area contributed by atoms with Crippen molar-refractivity contribution in [2.75, 3.05) is 0 Å². The van der Waals surface area contributed by atoms with Gasteiger partial charge < -0.3 is 5.11 Å². The number of carboxylic acid groups (broad SMARTS) is 1. The normalized spacial score (nSPS) is 13.1. The first-order valence-electron chi connectivity index (χ1n) is 3.14. The zero-order valence-corrected chi connectivity index (χ0v) is 9.31. The first-order valence-corrected chi connectivity index (χ1v) is 4.65. The number of alkyl halides is 4. The van der Waals surface area contributed by atoms with E-state index in [0.29, 0.717) is 0 Å². The molecule has 0 aliphatic rings. The Labute approximate surface area is 90.7 Å². The van der Waals surface area contributed by atoms with Crippen LogP contribution in [0, 0.1) is 0 Å². The fourth-order valence-corrected chi connectivity index (χ4v) is 0.861. The maximum absolute atomic E-state index is 10.4. The third-order valence-electron chi connectivity index (χ3n) is 1.19. The second kappa shape index (κ2) is 4.23. The smallest absolute Gasteiger partial charge is 0.340 e. The molecule has 0 heterocycles. The van der Waals surface area contributed by atoms with Crippen molar-refractivity contribution in [1.82, 2.24) is 0 Å². The molecule has 0 amide bonds. The van der Waals surface area contributed by atoms with Crippen LogP contribution in [-0.4, -0.2) is 19.7 Å². The van der Waals surface area contributed by atoms with Crippen molar-refractivity contribution in [2.24, 2.45) is 0 Å². The Balaban J connectivity index is 4.01. The van der Waals surface area contributed by atoms with Gasteiger partial charge in [0.25, 0.3) is 0 Å². The largest absolute Gasteiger partial charge is 0.479 e. The molecule has 12 heavy (non-hydrogen) atoms. The topological polar surface area (TPSA) is 37.3 Å². The van der Waals surface area contributed by atoms with Crippen LogP contribution in [0.5, 0.6) is 0 Å². The van der Waals surface area contributed by atoms with Crippen LogP contribution in [0.4, 0.5) is 0 Å². The highest BCUT2D eigenvalue weighted by Gasteiger charge is 2.35. The molecule has 0 radical (unpaired) electrons. The minimum absolute atomic E-state index is 0.00887. The maximum atomic E-state index is 10.4. The zero-order chi connectivity index (χ0) is 9.99.